The van der Waals surface area contributed by atoms with Crippen LogP contribution in [0.25, 0.3) is 0 Å². The summed E-state index contributed by atoms with van der Waals surface area (Å²) in [7, 11) is -2.98. The molecule has 2 fully saturated rings. The molecule has 7 heteroatoms. The van der Waals surface area contributed by atoms with Crippen molar-refractivity contribution in [2.75, 3.05) is 24.6 Å². The number of aliphatic carboxylic acids is 1. The molecule has 2 heterocycles. The number of sulfone groups is 1. The predicted molar refractivity (Wildman–Crippen MR) is 77.5 cm³/mol. The maximum absolute atomic E-state index is 12.3. The molecular weight excluding hydrogens is 294 g/mol. The Hall–Kier alpha value is -1.11. The first-order chi connectivity index (χ1) is 9.66. The number of carboxylic acid groups (broad SMARTS) is 1. The van der Waals surface area contributed by atoms with Gasteiger partial charge in [0.2, 0.25) is 5.91 Å². The fraction of sp³-hybridized carbons (Fsp3) is 0.857. The largest absolute Gasteiger partial charge is 0.481 e. The van der Waals surface area contributed by atoms with E-state index in [0.29, 0.717) is 19.4 Å². The van der Waals surface area contributed by atoms with Crippen LogP contribution in [0.2, 0.25) is 0 Å². The summed E-state index contributed by atoms with van der Waals surface area (Å²) >= 11 is 0. The Labute approximate surface area is 125 Å². The highest BCUT2D eigenvalue weighted by Crippen LogP contribution is 2.38. The van der Waals surface area contributed by atoms with Gasteiger partial charge in [-0.3, -0.25) is 9.59 Å². The summed E-state index contributed by atoms with van der Waals surface area (Å²) in [6.07, 6.45) is 1.22. The second kappa shape index (κ2) is 5.59. The van der Waals surface area contributed by atoms with Crippen molar-refractivity contribution in [3.63, 3.8) is 0 Å². The SMILES string of the molecule is CC(C)C1(C(=O)O)CCN(C(=O)CC2CCS(=O)(=O)C2)C1. The topological polar surface area (TPSA) is 91.8 Å². The van der Waals surface area contributed by atoms with Gasteiger partial charge in [-0.15, -0.1) is 0 Å². The molecule has 2 atom stereocenters. The summed E-state index contributed by atoms with van der Waals surface area (Å²) in [5.41, 5.74) is -0.864. The molecule has 2 unspecified atom stereocenters. The van der Waals surface area contributed by atoms with Crippen molar-refractivity contribution < 1.29 is 23.1 Å². The van der Waals surface area contributed by atoms with Gasteiger partial charge >= 0.3 is 5.97 Å². The molecule has 2 aliphatic rings. The molecule has 0 aliphatic carbocycles. The van der Waals surface area contributed by atoms with E-state index in [9.17, 15) is 23.1 Å². The van der Waals surface area contributed by atoms with Crippen molar-refractivity contribution in [2.45, 2.75) is 33.1 Å². The highest BCUT2D eigenvalue weighted by Gasteiger charge is 2.48. The molecule has 0 aromatic carbocycles. The molecule has 21 heavy (non-hydrogen) atoms. The Morgan fingerprint density at radius 1 is 1.38 bits per heavy atom. The van der Waals surface area contributed by atoms with E-state index in [1.165, 1.54) is 0 Å². The number of likely N-dealkylation sites (tertiary alicyclic amines) is 1. The average molecular weight is 317 g/mol. The van der Waals surface area contributed by atoms with Crippen molar-refractivity contribution in [2.24, 2.45) is 17.3 Å². The number of hydrogen-bond acceptors (Lipinski definition) is 4. The summed E-state index contributed by atoms with van der Waals surface area (Å²) in [6.45, 7) is 4.42. The summed E-state index contributed by atoms with van der Waals surface area (Å²) in [4.78, 5) is 25.4. The fourth-order valence-corrected chi connectivity index (χ4v) is 5.21. The molecule has 2 rings (SSSR count). The first kappa shape index (κ1) is 16.3. The van der Waals surface area contributed by atoms with E-state index in [2.05, 4.69) is 0 Å². The molecule has 0 aromatic rings. The monoisotopic (exact) mass is 317 g/mol. The van der Waals surface area contributed by atoms with Crippen LogP contribution in [-0.2, 0) is 19.4 Å². The highest BCUT2D eigenvalue weighted by atomic mass is 32.2. The van der Waals surface area contributed by atoms with Crippen LogP contribution in [0.4, 0.5) is 0 Å². The Morgan fingerprint density at radius 2 is 2.05 bits per heavy atom. The maximum Gasteiger partial charge on any atom is 0.311 e. The van der Waals surface area contributed by atoms with Gasteiger partial charge in [0.1, 0.15) is 0 Å². The van der Waals surface area contributed by atoms with E-state index < -0.39 is 21.2 Å². The summed E-state index contributed by atoms with van der Waals surface area (Å²) in [5, 5.41) is 9.47. The van der Waals surface area contributed by atoms with Gasteiger partial charge in [-0.25, -0.2) is 8.42 Å². The first-order valence-electron chi connectivity index (χ1n) is 7.38. The minimum atomic E-state index is -2.98. The van der Waals surface area contributed by atoms with Gasteiger partial charge in [-0.05, 0) is 24.7 Å². The lowest BCUT2D eigenvalue weighted by molar-refractivity contribution is -0.151. The predicted octanol–water partition coefficient (Wildman–Crippen LogP) is 0.770. The maximum atomic E-state index is 12.3. The van der Waals surface area contributed by atoms with E-state index in [1.807, 2.05) is 13.8 Å². The molecule has 0 radical (unpaired) electrons. The first-order valence-corrected chi connectivity index (χ1v) is 9.20. The number of hydrogen-bond donors (Lipinski definition) is 1. The van der Waals surface area contributed by atoms with E-state index >= 15 is 0 Å². The second-order valence-corrected chi connectivity index (χ2v) is 8.88. The van der Waals surface area contributed by atoms with Crippen LogP contribution in [0.5, 0.6) is 0 Å². The van der Waals surface area contributed by atoms with Crippen molar-refractivity contribution in [3.8, 4) is 0 Å². The molecule has 2 aliphatic heterocycles. The van der Waals surface area contributed by atoms with Gasteiger partial charge in [0.05, 0.1) is 16.9 Å². The van der Waals surface area contributed by atoms with E-state index in [1.54, 1.807) is 4.90 Å². The summed E-state index contributed by atoms with van der Waals surface area (Å²) < 4.78 is 22.8. The lowest BCUT2D eigenvalue weighted by atomic mass is 9.76. The fourth-order valence-electron chi connectivity index (χ4n) is 3.35. The molecule has 0 spiro atoms. The molecule has 0 bridgehead atoms. The molecule has 6 nitrogen and oxygen atoms in total. The van der Waals surface area contributed by atoms with Crippen LogP contribution in [0.15, 0.2) is 0 Å². The molecule has 1 N–H and O–H groups in total. The van der Waals surface area contributed by atoms with Crippen molar-refractivity contribution in [1.82, 2.24) is 4.90 Å². The zero-order valence-electron chi connectivity index (χ0n) is 12.5. The number of amides is 1. The number of rotatable bonds is 4. The average Bonchev–Trinajstić information content (AvgIpc) is 2.94. The Balaban J connectivity index is 1.98. The van der Waals surface area contributed by atoms with Gasteiger partial charge < -0.3 is 10.0 Å². The third-order valence-corrected chi connectivity index (χ3v) is 6.81. The van der Waals surface area contributed by atoms with Crippen LogP contribution in [0, 0.1) is 17.3 Å². The minimum Gasteiger partial charge on any atom is -0.481 e. The van der Waals surface area contributed by atoms with Crippen LogP contribution >= 0.6 is 0 Å². The lowest BCUT2D eigenvalue weighted by Crippen LogP contribution is -2.41. The lowest BCUT2D eigenvalue weighted by Gasteiger charge is -2.28. The summed E-state index contributed by atoms with van der Waals surface area (Å²) in [6, 6.07) is 0. The van der Waals surface area contributed by atoms with Crippen molar-refractivity contribution in [1.29, 1.82) is 0 Å². The third-order valence-electron chi connectivity index (χ3n) is 4.97. The molecular formula is C14H23NO5S. The smallest absolute Gasteiger partial charge is 0.311 e. The highest BCUT2D eigenvalue weighted by molar-refractivity contribution is 7.91. The number of carboxylic acids is 1. The van der Waals surface area contributed by atoms with Gasteiger partial charge in [0, 0.05) is 19.5 Å². The standard InChI is InChI=1S/C14H23NO5S/c1-10(2)14(13(17)18)4-5-15(9-14)12(16)7-11-3-6-21(19,20)8-11/h10-11H,3-9H2,1-2H3,(H,17,18). The Kier molecular flexibility index (Phi) is 4.33. The van der Waals surface area contributed by atoms with Crippen molar-refractivity contribution in [3.05, 3.63) is 0 Å². The van der Waals surface area contributed by atoms with Crippen molar-refractivity contribution >= 4 is 21.7 Å². The van der Waals surface area contributed by atoms with Gasteiger partial charge in [-0.1, -0.05) is 13.8 Å². The molecule has 0 aromatic heterocycles. The van der Waals surface area contributed by atoms with Gasteiger partial charge in [-0.2, -0.15) is 0 Å². The van der Waals surface area contributed by atoms with E-state index in [-0.39, 0.29) is 42.2 Å². The summed E-state index contributed by atoms with van der Waals surface area (Å²) in [5.74, 6) is -0.866. The van der Waals surface area contributed by atoms with Crippen LogP contribution in [0.3, 0.4) is 0 Å². The second-order valence-electron chi connectivity index (χ2n) is 6.65. The zero-order chi connectivity index (χ0) is 15.8. The zero-order valence-corrected chi connectivity index (χ0v) is 13.4. The molecule has 120 valence electrons. The van der Waals surface area contributed by atoms with E-state index in [4.69, 9.17) is 0 Å². The van der Waals surface area contributed by atoms with Gasteiger partial charge in [0.15, 0.2) is 9.84 Å². The molecule has 0 saturated carbocycles. The van der Waals surface area contributed by atoms with E-state index in [0.717, 1.165) is 0 Å². The quantitative estimate of drug-likeness (QED) is 0.827. The Morgan fingerprint density at radius 3 is 2.48 bits per heavy atom. The minimum absolute atomic E-state index is 0.0420. The number of nitrogens with zero attached hydrogens (tertiary/aromatic N) is 1. The third kappa shape index (κ3) is 3.22. The Bertz CT molecular complexity index is 542. The number of carbonyl (C=O) groups is 2. The van der Waals surface area contributed by atoms with Crippen LogP contribution in [0.1, 0.15) is 33.1 Å². The molecule has 2 saturated heterocycles. The normalized spacial score (nSPS) is 31.8. The number of carbonyl (C=O) groups excluding carboxylic acids is 1. The van der Waals surface area contributed by atoms with Crippen LogP contribution in [-0.4, -0.2) is 54.9 Å². The van der Waals surface area contributed by atoms with Gasteiger partial charge in [0.25, 0.3) is 0 Å². The van der Waals surface area contributed by atoms with Crippen LogP contribution < -0.4 is 0 Å². The molecule has 1 amide bonds.